The molecule has 0 aromatic heterocycles. The van der Waals surface area contributed by atoms with Gasteiger partial charge in [0.15, 0.2) is 0 Å². The number of amides is 1. The lowest BCUT2D eigenvalue weighted by Crippen LogP contribution is -2.52. The molecule has 126 valence electrons. The van der Waals surface area contributed by atoms with E-state index < -0.39 is 11.5 Å². The average molecular weight is 321 g/mol. The number of esters is 1. The molecular formula is C17H23NO5. The summed E-state index contributed by atoms with van der Waals surface area (Å²) in [4.78, 5) is 33.1. The van der Waals surface area contributed by atoms with Gasteiger partial charge in [0.2, 0.25) is 5.91 Å². The lowest BCUT2D eigenvalue weighted by molar-refractivity contribution is -0.145. The number of ether oxygens (including phenoxy) is 2. The van der Waals surface area contributed by atoms with Crippen LogP contribution in [0.4, 0.5) is 0 Å². The molecule has 0 radical (unpaired) electrons. The summed E-state index contributed by atoms with van der Waals surface area (Å²) in [6.07, 6.45) is 1.63. The zero-order valence-corrected chi connectivity index (χ0v) is 13.5. The third-order valence-corrected chi connectivity index (χ3v) is 3.49. The Kier molecular flexibility index (Phi) is 7.80. The van der Waals surface area contributed by atoms with Gasteiger partial charge in [-0.05, 0) is 18.4 Å². The van der Waals surface area contributed by atoms with E-state index in [0.717, 1.165) is 5.56 Å². The SMILES string of the molecule is CC(=O)NC(CCOC=O)(CCc1ccccc1)COC(C)=O. The van der Waals surface area contributed by atoms with E-state index in [9.17, 15) is 14.4 Å². The van der Waals surface area contributed by atoms with Crippen LogP contribution in [0.3, 0.4) is 0 Å². The van der Waals surface area contributed by atoms with E-state index in [1.807, 2.05) is 30.3 Å². The minimum absolute atomic E-state index is 0.0387. The Bertz CT molecular complexity index is 517. The Hall–Kier alpha value is -2.37. The van der Waals surface area contributed by atoms with Gasteiger partial charge >= 0.3 is 5.97 Å². The molecule has 1 aromatic carbocycles. The summed E-state index contributed by atoms with van der Waals surface area (Å²) in [6, 6.07) is 9.80. The van der Waals surface area contributed by atoms with E-state index in [1.165, 1.54) is 13.8 Å². The second-order valence-electron chi connectivity index (χ2n) is 5.44. The van der Waals surface area contributed by atoms with Crippen LogP contribution in [0.5, 0.6) is 0 Å². The molecule has 1 aromatic rings. The molecule has 1 atom stereocenters. The minimum atomic E-state index is -0.768. The van der Waals surface area contributed by atoms with Crippen molar-refractivity contribution in [3.63, 3.8) is 0 Å². The number of carbonyl (C=O) groups excluding carboxylic acids is 3. The van der Waals surface area contributed by atoms with E-state index >= 15 is 0 Å². The number of hydrogen-bond donors (Lipinski definition) is 1. The first-order valence-corrected chi connectivity index (χ1v) is 7.49. The topological polar surface area (TPSA) is 81.7 Å². The molecule has 0 aliphatic rings. The maximum Gasteiger partial charge on any atom is 0.302 e. The van der Waals surface area contributed by atoms with Crippen molar-refractivity contribution >= 4 is 18.3 Å². The largest absolute Gasteiger partial charge is 0.468 e. The lowest BCUT2D eigenvalue weighted by Gasteiger charge is -2.34. The highest BCUT2D eigenvalue weighted by atomic mass is 16.5. The van der Waals surface area contributed by atoms with Crippen molar-refractivity contribution in [3.05, 3.63) is 35.9 Å². The molecule has 0 fully saturated rings. The summed E-state index contributed by atoms with van der Waals surface area (Å²) in [5.41, 5.74) is 0.345. The zero-order chi connectivity index (χ0) is 17.1. The van der Waals surface area contributed by atoms with Gasteiger partial charge in [0.25, 0.3) is 6.47 Å². The smallest absolute Gasteiger partial charge is 0.302 e. The summed E-state index contributed by atoms with van der Waals surface area (Å²) in [5, 5.41) is 2.87. The number of rotatable bonds is 10. The molecule has 1 rings (SSSR count). The second kappa shape index (κ2) is 9.61. The van der Waals surface area contributed by atoms with Crippen molar-refractivity contribution in [2.24, 2.45) is 0 Å². The van der Waals surface area contributed by atoms with Crippen LogP contribution in [0.15, 0.2) is 30.3 Å². The third kappa shape index (κ3) is 7.44. The van der Waals surface area contributed by atoms with Crippen molar-refractivity contribution in [3.8, 4) is 0 Å². The van der Waals surface area contributed by atoms with Crippen molar-refractivity contribution in [1.82, 2.24) is 5.32 Å². The van der Waals surface area contributed by atoms with Gasteiger partial charge in [0, 0.05) is 20.3 Å². The van der Waals surface area contributed by atoms with Gasteiger partial charge in [-0.1, -0.05) is 30.3 Å². The quantitative estimate of drug-likeness (QED) is 0.402. The minimum Gasteiger partial charge on any atom is -0.468 e. The molecule has 0 heterocycles. The van der Waals surface area contributed by atoms with Crippen molar-refractivity contribution in [1.29, 1.82) is 0 Å². The van der Waals surface area contributed by atoms with Crippen molar-refractivity contribution in [2.75, 3.05) is 13.2 Å². The predicted molar refractivity (Wildman–Crippen MR) is 84.6 cm³/mol. The molecule has 1 N–H and O–H groups in total. The van der Waals surface area contributed by atoms with Gasteiger partial charge in [-0.15, -0.1) is 0 Å². The summed E-state index contributed by atoms with van der Waals surface area (Å²) in [6.45, 7) is 3.27. The number of hydrogen-bond acceptors (Lipinski definition) is 5. The summed E-state index contributed by atoms with van der Waals surface area (Å²) in [5.74, 6) is -0.646. The number of nitrogens with one attached hydrogen (secondary N) is 1. The Balaban J connectivity index is 2.85. The summed E-state index contributed by atoms with van der Waals surface area (Å²) in [7, 11) is 0. The molecule has 6 nitrogen and oxygen atoms in total. The van der Waals surface area contributed by atoms with Crippen LogP contribution < -0.4 is 5.32 Å². The number of benzene rings is 1. The van der Waals surface area contributed by atoms with Crippen LogP contribution in [0.2, 0.25) is 0 Å². The standard InChI is InChI=1S/C17H23NO5/c1-14(20)18-17(10-11-22-13-19,12-23-15(2)21)9-8-16-6-4-3-5-7-16/h3-7,13H,8-12H2,1-2H3,(H,18,20). The molecule has 0 aliphatic heterocycles. The average Bonchev–Trinajstić information content (AvgIpc) is 2.51. The van der Waals surface area contributed by atoms with E-state index in [1.54, 1.807) is 0 Å². The van der Waals surface area contributed by atoms with Gasteiger partial charge in [-0.2, -0.15) is 0 Å². The van der Waals surface area contributed by atoms with Gasteiger partial charge < -0.3 is 14.8 Å². The Labute approximate surface area is 136 Å². The molecule has 23 heavy (non-hydrogen) atoms. The maximum atomic E-state index is 11.6. The molecule has 1 amide bonds. The van der Waals surface area contributed by atoms with Gasteiger partial charge in [0.1, 0.15) is 6.61 Å². The predicted octanol–water partition coefficient (Wildman–Crippen LogP) is 1.62. The maximum absolute atomic E-state index is 11.6. The fourth-order valence-corrected chi connectivity index (χ4v) is 2.37. The summed E-state index contributed by atoms with van der Waals surface area (Å²) < 4.78 is 9.89. The fourth-order valence-electron chi connectivity index (χ4n) is 2.37. The summed E-state index contributed by atoms with van der Waals surface area (Å²) >= 11 is 0. The Morgan fingerprint density at radius 1 is 1.17 bits per heavy atom. The highest BCUT2D eigenvalue weighted by Gasteiger charge is 2.32. The van der Waals surface area contributed by atoms with Crippen molar-refractivity contribution < 1.29 is 23.9 Å². The van der Waals surface area contributed by atoms with Gasteiger partial charge in [0.05, 0.1) is 12.1 Å². The van der Waals surface area contributed by atoms with Crippen molar-refractivity contribution in [2.45, 2.75) is 38.6 Å². The lowest BCUT2D eigenvalue weighted by atomic mass is 9.88. The van der Waals surface area contributed by atoms with Crippen LogP contribution in [-0.4, -0.2) is 37.1 Å². The van der Waals surface area contributed by atoms with Crippen LogP contribution in [0.25, 0.3) is 0 Å². The van der Waals surface area contributed by atoms with E-state index in [0.29, 0.717) is 25.7 Å². The normalized spacial score (nSPS) is 12.8. The number of aryl methyl sites for hydroxylation is 1. The molecule has 0 spiro atoms. The fraction of sp³-hybridized carbons (Fsp3) is 0.471. The van der Waals surface area contributed by atoms with Crippen LogP contribution in [0.1, 0.15) is 32.3 Å². The Morgan fingerprint density at radius 3 is 2.43 bits per heavy atom. The van der Waals surface area contributed by atoms with Crippen LogP contribution in [0, 0.1) is 0 Å². The van der Waals surface area contributed by atoms with Crippen LogP contribution in [-0.2, 0) is 30.3 Å². The molecule has 0 saturated heterocycles. The first-order valence-electron chi connectivity index (χ1n) is 7.49. The monoisotopic (exact) mass is 321 g/mol. The van der Waals surface area contributed by atoms with E-state index in [2.05, 4.69) is 5.32 Å². The molecule has 0 aliphatic carbocycles. The zero-order valence-electron chi connectivity index (χ0n) is 13.5. The highest BCUT2D eigenvalue weighted by molar-refractivity contribution is 5.74. The van der Waals surface area contributed by atoms with E-state index in [4.69, 9.17) is 9.47 Å². The van der Waals surface area contributed by atoms with Gasteiger partial charge in [-0.3, -0.25) is 14.4 Å². The van der Waals surface area contributed by atoms with E-state index in [-0.39, 0.29) is 19.1 Å². The molecule has 0 bridgehead atoms. The second-order valence-corrected chi connectivity index (χ2v) is 5.44. The third-order valence-electron chi connectivity index (χ3n) is 3.49. The first-order chi connectivity index (χ1) is 11.0. The molecule has 6 heteroatoms. The highest BCUT2D eigenvalue weighted by Crippen LogP contribution is 2.20. The molecular weight excluding hydrogens is 298 g/mol. The first kappa shape index (κ1) is 18.7. The Morgan fingerprint density at radius 2 is 1.87 bits per heavy atom. The van der Waals surface area contributed by atoms with Crippen LogP contribution >= 0.6 is 0 Å². The molecule has 1 unspecified atom stereocenters. The number of carbonyl (C=O) groups is 3. The molecule has 0 saturated carbocycles. The van der Waals surface area contributed by atoms with Gasteiger partial charge in [-0.25, -0.2) is 0 Å².